The minimum Gasteiger partial charge on any atom is -0.494 e. The summed E-state index contributed by atoms with van der Waals surface area (Å²) in [6.07, 6.45) is 10.2. The number of ether oxygens (including phenoxy) is 2. The molecule has 0 heterocycles. The van der Waals surface area contributed by atoms with Gasteiger partial charge in [0, 0.05) is 12.5 Å². The summed E-state index contributed by atoms with van der Waals surface area (Å²) in [6, 6.07) is 6.62. The zero-order valence-corrected chi connectivity index (χ0v) is 18.7. The molecule has 1 N–H and O–H groups in total. The molecule has 162 valence electrons. The van der Waals surface area contributed by atoms with Crippen molar-refractivity contribution in [1.82, 2.24) is 0 Å². The molecule has 3 nitrogen and oxygen atoms in total. The molecule has 1 aromatic rings. The maximum Gasteiger partial charge on any atom is 0.119 e. The number of rotatable bonds is 8. The fourth-order valence-corrected chi connectivity index (χ4v) is 6.66. The van der Waals surface area contributed by atoms with Crippen LogP contribution in [0.2, 0.25) is 0 Å². The van der Waals surface area contributed by atoms with Crippen molar-refractivity contribution >= 4 is 0 Å². The molecule has 0 amide bonds. The maximum absolute atomic E-state index is 11.3. The smallest absolute Gasteiger partial charge is 0.119 e. The molecule has 1 aromatic carbocycles. The first-order valence-corrected chi connectivity index (χ1v) is 12.1. The van der Waals surface area contributed by atoms with E-state index in [0.29, 0.717) is 17.9 Å². The van der Waals surface area contributed by atoms with Gasteiger partial charge in [-0.05, 0) is 85.5 Å². The van der Waals surface area contributed by atoms with Crippen LogP contribution in [0.15, 0.2) is 18.2 Å². The fraction of sp³-hybridized carbons (Fsp3) is 0.769. The average molecular weight is 401 g/mol. The molecule has 2 saturated carbocycles. The van der Waals surface area contributed by atoms with Crippen LogP contribution in [0.5, 0.6) is 5.75 Å². The lowest BCUT2D eigenvalue weighted by Gasteiger charge is -2.52. The van der Waals surface area contributed by atoms with Gasteiger partial charge < -0.3 is 14.6 Å². The summed E-state index contributed by atoms with van der Waals surface area (Å²) < 4.78 is 12.3. The summed E-state index contributed by atoms with van der Waals surface area (Å²) in [6.45, 7) is 8.48. The molecule has 3 aliphatic rings. The summed E-state index contributed by atoms with van der Waals surface area (Å²) in [5.41, 5.74) is 2.92. The molecule has 3 aliphatic carbocycles. The van der Waals surface area contributed by atoms with Gasteiger partial charge in [0.05, 0.1) is 18.8 Å². The molecule has 0 aromatic heterocycles. The third kappa shape index (κ3) is 3.97. The Balaban J connectivity index is 1.51. The Morgan fingerprint density at radius 3 is 2.66 bits per heavy atom. The lowest BCUT2D eigenvalue weighted by molar-refractivity contribution is -0.102. The molecular formula is C26H40O3. The molecule has 0 radical (unpaired) electrons. The van der Waals surface area contributed by atoms with E-state index in [9.17, 15) is 5.11 Å². The first kappa shape index (κ1) is 21.2. The third-order valence-corrected chi connectivity index (χ3v) is 8.17. The molecule has 0 aliphatic heterocycles. The fourth-order valence-electron chi connectivity index (χ4n) is 6.66. The van der Waals surface area contributed by atoms with Crippen LogP contribution < -0.4 is 4.74 Å². The van der Waals surface area contributed by atoms with E-state index in [0.717, 1.165) is 57.5 Å². The monoisotopic (exact) mass is 400 g/mol. The van der Waals surface area contributed by atoms with Gasteiger partial charge in [-0.2, -0.15) is 0 Å². The van der Waals surface area contributed by atoms with E-state index in [4.69, 9.17) is 9.47 Å². The first-order valence-electron chi connectivity index (χ1n) is 12.1. The highest BCUT2D eigenvalue weighted by atomic mass is 16.5. The van der Waals surface area contributed by atoms with Gasteiger partial charge in [0.1, 0.15) is 5.75 Å². The van der Waals surface area contributed by atoms with Gasteiger partial charge >= 0.3 is 0 Å². The van der Waals surface area contributed by atoms with Crippen molar-refractivity contribution in [3.63, 3.8) is 0 Å². The van der Waals surface area contributed by atoms with Gasteiger partial charge in [-0.1, -0.05) is 39.7 Å². The van der Waals surface area contributed by atoms with Crippen LogP contribution in [0.3, 0.4) is 0 Å². The minimum absolute atomic E-state index is 0.134. The highest BCUT2D eigenvalue weighted by molar-refractivity contribution is 5.41. The Labute approximate surface area is 177 Å². The summed E-state index contributed by atoms with van der Waals surface area (Å²) in [4.78, 5) is 0. The highest BCUT2D eigenvalue weighted by Crippen LogP contribution is 2.61. The summed E-state index contributed by atoms with van der Waals surface area (Å²) >= 11 is 0. The largest absolute Gasteiger partial charge is 0.494 e. The molecule has 0 saturated heterocycles. The lowest BCUT2D eigenvalue weighted by atomic mass is 9.54. The van der Waals surface area contributed by atoms with Gasteiger partial charge in [-0.25, -0.2) is 0 Å². The molecule has 29 heavy (non-hydrogen) atoms. The number of hydrogen-bond acceptors (Lipinski definition) is 3. The van der Waals surface area contributed by atoms with Gasteiger partial charge in [-0.15, -0.1) is 0 Å². The second kappa shape index (κ2) is 8.98. The van der Waals surface area contributed by atoms with Crippen molar-refractivity contribution in [1.29, 1.82) is 0 Å². The molecule has 2 fully saturated rings. The average Bonchev–Trinajstić information content (AvgIpc) is 3.04. The predicted molar refractivity (Wildman–Crippen MR) is 117 cm³/mol. The Morgan fingerprint density at radius 2 is 1.86 bits per heavy atom. The second-order valence-electron chi connectivity index (χ2n) is 9.97. The van der Waals surface area contributed by atoms with Crippen molar-refractivity contribution in [2.45, 2.75) is 96.7 Å². The van der Waals surface area contributed by atoms with Crippen LogP contribution in [0, 0.1) is 17.3 Å². The zero-order chi connectivity index (χ0) is 20.4. The van der Waals surface area contributed by atoms with Crippen molar-refractivity contribution < 1.29 is 14.6 Å². The van der Waals surface area contributed by atoms with E-state index >= 15 is 0 Å². The third-order valence-electron chi connectivity index (χ3n) is 8.17. The molecule has 0 bridgehead atoms. The van der Waals surface area contributed by atoms with Crippen molar-refractivity contribution in [3.8, 4) is 5.75 Å². The van der Waals surface area contributed by atoms with Crippen LogP contribution in [0.1, 0.15) is 89.2 Å². The molecule has 3 heteroatoms. The summed E-state index contributed by atoms with van der Waals surface area (Å²) in [5.74, 6) is 2.55. The van der Waals surface area contributed by atoms with Gasteiger partial charge in [0.15, 0.2) is 0 Å². The normalized spacial score (nSPS) is 35.7. The standard InChI is InChI=1S/C26H40O3/c1-4-6-14-28-19-9-11-20-18(16-19)8-10-21-22-12-13-24(29-15-7-5-2)26(22,3)17-23(27)25(20)21/h9,11,16,21-25,27H,4-8,10,12-15,17H2,1-3H3/t21?,22?,23-,24+,25?,26+/m1/s1. The SMILES string of the molecule is CCCCOc1ccc2c(c1)CCC1C2[C@H](O)C[C@@]2(C)C1CC[C@@H]2OCCCC. The summed E-state index contributed by atoms with van der Waals surface area (Å²) in [7, 11) is 0. The number of aryl methyl sites for hydroxylation is 1. The first-order chi connectivity index (χ1) is 14.1. The van der Waals surface area contributed by atoms with E-state index in [-0.39, 0.29) is 17.4 Å². The quantitative estimate of drug-likeness (QED) is 0.554. The number of unbranched alkanes of at least 4 members (excludes halogenated alkanes) is 2. The van der Waals surface area contributed by atoms with E-state index in [1.807, 2.05) is 0 Å². The van der Waals surface area contributed by atoms with E-state index in [1.54, 1.807) is 0 Å². The van der Waals surface area contributed by atoms with Gasteiger partial charge in [-0.3, -0.25) is 0 Å². The topological polar surface area (TPSA) is 38.7 Å². The molecular weight excluding hydrogens is 360 g/mol. The van der Waals surface area contributed by atoms with Gasteiger partial charge in [0.2, 0.25) is 0 Å². The van der Waals surface area contributed by atoms with Crippen LogP contribution in [-0.2, 0) is 11.2 Å². The predicted octanol–water partition coefficient (Wildman–Crippen LogP) is 5.88. The molecule has 6 atom stereocenters. The summed E-state index contributed by atoms with van der Waals surface area (Å²) in [5, 5.41) is 11.3. The van der Waals surface area contributed by atoms with E-state index < -0.39 is 0 Å². The van der Waals surface area contributed by atoms with Crippen LogP contribution in [-0.4, -0.2) is 30.5 Å². The second-order valence-corrected chi connectivity index (χ2v) is 9.97. The van der Waals surface area contributed by atoms with Crippen LogP contribution in [0.4, 0.5) is 0 Å². The van der Waals surface area contributed by atoms with Crippen LogP contribution >= 0.6 is 0 Å². The number of hydrogen-bond donors (Lipinski definition) is 1. The molecule has 0 spiro atoms. The van der Waals surface area contributed by atoms with Crippen LogP contribution in [0.25, 0.3) is 0 Å². The van der Waals surface area contributed by atoms with Gasteiger partial charge in [0.25, 0.3) is 0 Å². The number of benzene rings is 1. The van der Waals surface area contributed by atoms with Crippen molar-refractivity contribution in [2.75, 3.05) is 13.2 Å². The lowest BCUT2D eigenvalue weighted by Crippen LogP contribution is -2.50. The number of aliphatic hydroxyl groups is 1. The minimum atomic E-state index is -0.262. The Hall–Kier alpha value is -1.06. The van der Waals surface area contributed by atoms with Crippen molar-refractivity contribution in [2.24, 2.45) is 17.3 Å². The highest BCUT2D eigenvalue weighted by Gasteiger charge is 2.58. The molecule has 4 rings (SSSR count). The molecule has 3 unspecified atom stereocenters. The Kier molecular flexibility index (Phi) is 6.56. The Bertz CT molecular complexity index is 687. The van der Waals surface area contributed by atoms with E-state index in [2.05, 4.69) is 39.0 Å². The number of aliphatic hydroxyl groups excluding tert-OH is 1. The Morgan fingerprint density at radius 1 is 1.07 bits per heavy atom. The maximum atomic E-state index is 11.3. The zero-order valence-electron chi connectivity index (χ0n) is 18.7. The van der Waals surface area contributed by atoms with Crippen molar-refractivity contribution in [3.05, 3.63) is 29.3 Å². The van der Waals surface area contributed by atoms with E-state index in [1.165, 1.54) is 30.4 Å². The number of fused-ring (bicyclic) bond motifs is 5.